The molecule has 0 bridgehead atoms. The molecule has 1 heterocycles. The standard InChI is InChI=1S/C18H18N6O3/c1-2-27-14-10-8-13(9-11-14)21-18-22-16(19)15(24(25)26)17(23-18)20-12-6-4-3-5-7-12/h3-11H,2H2,1H3,(H4,19,20,21,22,23). The minimum Gasteiger partial charge on any atom is -0.494 e. The second-order valence-corrected chi connectivity index (χ2v) is 5.46. The SMILES string of the molecule is CCOc1ccc(Nc2nc(N)c([N+](=O)[O-])c(Nc3ccccc3)n2)cc1. The lowest BCUT2D eigenvalue weighted by atomic mass is 10.3. The molecule has 27 heavy (non-hydrogen) atoms. The highest BCUT2D eigenvalue weighted by Gasteiger charge is 2.23. The monoisotopic (exact) mass is 366 g/mol. The summed E-state index contributed by atoms with van der Waals surface area (Å²) in [5.74, 6) is 0.647. The van der Waals surface area contributed by atoms with Crippen LogP contribution in [0, 0.1) is 10.1 Å². The van der Waals surface area contributed by atoms with Crippen molar-refractivity contribution in [2.75, 3.05) is 23.0 Å². The van der Waals surface area contributed by atoms with Gasteiger partial charge >= 0.3 is 5.69 Å². The van der Waals surface area contributed by atoms with Crippen molar-refractivity contribution in [1.29, 1.82) is 0 Å². The van der Waals surface area contributed by atoms with Crippen LogP contribution in [0.2, 0.25) is 0 Å². The van der Waals surface area contributed by atoms with E-state index in [-0.39, 0.29) is 23.3 Å². The number of nitro groups is 1. The summed E-state index contributed by atoms with van der Waals surface area (Å²) in [5.41, 5.74) is 6.76. The van der Waals surface area contributed by atoms with E-state index >= 15 is 0 Å². The van der Waals surface area contributed by atoms with Crippen LogP contribution < -0.4 is 21.1 Å². The van der Waals surface area contributed by atoms with E-state index in [1.54, 1.807) is 48.5 Å². The molecule has 3 rings (SSSR count). The highest BCUT2D eigenvalue weighted by molar-refractivity contribution is 5.75. The fourth-order valence-electron chi connectivity index (χ4n) is 2.38. The second-order valence-electron chi connectivity index (χ2n) is 5.46. The van der Waals surface area contributed by atoms with Gasteiger partial charge in [0.25, 0.3) is 0 Å². The summed E-state index contributed by atoms with van der Waals surface area (Å²) in [4.78, 5) is 19.0. The lowest BCUT2D eigenvalue weighted by Gasteiger charge is -2.11. The normalized spacial score (nSPS) is 10.3. The Morgan fingerprint density at radius 1 is 1.04 bits per heavy atom. The zero-order valence-electron chi connectivity index (χ0n) is 14.5. The Balaban J connectivity index is 1.90. The molecular weight excluding hydrogens is 348 g/mol. The predicted molar refractivity (Wildman–Crippen MR) is 104 cm³/mol. The molecule has 9 nitrogen and oxygen atoms in total. The number of para-hydroxylation sites is 1. The number of hydrogen-bond donors (Lipinski definition) is 3. The number of nitrogens with zero attached hydrogens (tertiary/aromatic N) is 3. The minimum absolute atomic E-state index is 0.00661. The van der Waals surface area contributed by atoms with Crippen molar-refractivity contribution in [2.24, 2.45) is 0 Å². The first-order chi connectivity index (χ1) is 13.1. The molecule has 0 amide bonds. The Hall–Kier alpha value is -3.88. The summed E-state index contributed by atoms with van der Waals surface area (Å²) < 4.78 is 5.39. The topological polar surface area (TPSA) is 128 Å². The van der Waals surface area contributed by atoms with Gasteiger partial charge in [0.2, 0.25) is 17.6 Å². The second kappa shape index (κ2) is 8.00. The Kier molecular flexibility index (Phi) is 5.31. The van der Waals surface area contributed by atoms with Gasteiger partial charge in [-0.05, 0) is 43.3 Å². The molecular formula is C18H18N6O3. The molecule has 0 saturated carbocycles. The Labute approximate surface area is 155 Å². The first-order valence-electron chi connectivity index (χ1n) is 8.20. The molecule has 0 radical (unpaired) electrons. The van der Waals surface area contributed by atoms with Crippen LogP contribution in [0.5, 0.6) is 5.75 Å². The zero-order valence-corrected chi connectivity index (χ0v) is 14.5. The molecule has 4 N–H and O–H groups in total. The molecule has 1 aromatic heterocycles. The van der Waals surface area contributed by atoms with Gasteiger partial charge in [0.05, 0.1) is 11.5 Å². The molecule has 9 heteroatoms. The highest BCUT2D eigenvalue weighted by Crippen LogP contribution is 2.32. The van der Waals surface area contributed by atoms with Crippen LogP contribution in [0.1, 0.15) is 6.92 Å². The largest absolute Gasteiger partial charge is 0.494 e. The summed E-state index contributed by atoms with van der Waals surface area (Å²) in [7, 11) is 0. The number of nitrogen functional groups attached to an aromatic ring is 1. The summed E-state index contributed by atoms with van der Waals surface area (Å²) in [6, 6.07) is 16.1. The van der Waals surface area contributed by atoms with Crippen LogP contribution in [0.3, 0.4) is 0 Å². The van der Waals surface area contributed by atoms with E-state index in [4.69, 9.17) is 10.5 Å². The Morgan fingerprint density at radius 3 is 2.33 bits per heavy atom. The van der Waals surface area contributed by atoms with Gasteiger partial charge in [-0.2, -0.15) is 9.97 Å². The van der Waals surface area contributed by atoms with E-state index in [1.807, 2.05) is 13.0 Å². The van der Waals surface area contributed by atoms with Crippen molar-refractivity contribution in [1.82, 2.24) is 9.97 Å². The van der Waals surface area contributed by atoms with Gasteiger partial charge < -0.3 is 21.1 Å². The first kappa shape index (κ1) is 17.9. The number of nitrogens with two attached hydrogens (primary N) is 1. The Morgan fingerprint density at radius 2 is 1.70 bits per heavy atom. The van der Waals surface area contributed by atoms with Crippen molar-refractivity contribution < 1.29 is 9.66 Å². The van der Waals surface area contributed by atoms with Gasteiger partial charge in [-0.1, -0.05) is 18.2 Å². The van der Waals surface area contributed by atoms with Crippen molar-refractivity contribution in [3.05, 3.63) is 64.7 Å². The summed E-state index contributed by atoms with van der Waals surface area (Å²) in [5, 5.41) is 17.3. The fraction of sp³-hybridized carbons (Fsp3) is 0.111. The molecule has 0 saturated heterocycles. The third kappa shape index (κ3) is 4.40. The van der Waals surface area contributed by atoms with Crippen molar-refractivity contribution in [3.63, 3.8) is 0 Å². The number of anilines is 5. The zero-order chi connectivity index (χ0) is 19.2. The maximum Gasteiger partial charge on any atom is 0.353 e. The number of aromatic nitrogens is 2. The van der Waals surface area contributed by atoms with E-state index in [2.05, 4.69) is 20.6 Å². The number of hydrogen-bond acceptors (Lipinski definition) is 8. The third-order valence-electron chi connectivity index (χ3n) is 3.55. The first-order valence-corrected chi connectivity index (χ1v) is 8.20. The van der Waals surface area contributed by atoms with Gasteiger partial charge in [0.1, 0.15) is 5.75 Å². The number of ether oxygens (including phenoxy) is 1. The van der Waals surface area contributed by atoms with Gasteiger partial charge in [-0.25, -0.2) is 0 Å². The lowest BCUT2D eigenvalue weighted by molar-refractivity contribution is -0.383. The van der Waals surface area contributed by atoms with Crippen LogP contribution in [-0.2, 0) is 0 Å². The molecule has 0 aliphatic rings. The maximum atomic E-state index is 11.4. The number of benzene rings is 2. The number of rotatable bonds is 7. The molecule has 0 aliphatic heterocycles. The molecule has 0 unspecified atom stereocenters. The van der Waals surface area contributed by atoms with Crippen LogP contribution in [-0.4, -0.2) is 21.5 Å². The highest BCUT2D eigenvalue weighted by atomic mass is 16.6. The maximum absolute atomic E-state index is 11.4. The van der Waals surface area contributed by atoms with E-state index in [1.165, 1.54) is 0 Å². The van der Waals surface area contributed by atoms with Gasteiger partial charge in [0.15, 0.2) is 0 Å². The van der Waals surface area contributed by atoms with Gasteiger partial charge in [-0.15, -0.1) is 0 Å². The van der Waals surface area contributed by atoms with E-state index in [0.717, 1.165) is 5.75 Å². The molecule has 0 spiro atoms. The van der Waals surface area contributed by atoms with Gasteiger partial charge in [-0.3, -0.25) is 10.1 Å². The summed E-state index contributed by atoms with van der Waals surface area (Å²) >= 11 is 0. The third-order valence-corrected chi connectivity index (χ3v) is 3.55. The van der Waals surface area contributed by atoms with Crippen LogP contribution in [0.15, 0.2) is 54.6 Å². The van der Waals surface area contributed by atoms with E-state index in [9.17, 15) is 10.1 Å². The van der Waals surface area contributed by atoms with Crippen LogP contribution in [0.4, 0.5) is 34.6 Å². The smallest absolute Gasteiger partial charge is 0.353 e. The summed E-state index contributed by atoms with van der Waals surface area (Å²) in [6.45, 7) is 2.48. The van der Waals surface area contributed by atoms with E-state index < -0.39 is 4.92 Å². The van der Waals surface area contributed by atoms with Crippen molar-refractivity contribution in [3.8, 4) is 5.75 Å². The fourth-order valence-corrected chi connectivity index (χ4v) is 2.38. The average Bonchev–Trinajstić information content (AvgIpc) is 2.64. The Bertz CT molecular complexity index is 932. The van der Waals surface area contributed by atoms with Crippen LogP contribution in [0.25, 0.3) is 0 Å². The van der Waals surface area contributed by atoms with Crippen molar-refractivity contribution in [2.45, 2.75) is 6.92 Å². The molecule has 0 atom stereocenters. The summed E-state index contributed by atoms with van der Waals surface area (Å²) in [6.07, 6.45) is 0. The number of nitrogens with one attached hydrogen (secondary N) is 2. The van der Waals surface area contributed by atoms with Crippen LogP contribution >= 0.6 is 0 Å². The molecule has 3 aromatic rings. The molecule has 2 aromatic carbocycles. The van der Waals surface area contributed by atoms with Gasteiger partial charge in [0, 0.05) is 11.4 Å². The average molecular weight is 366 g/mol. The molecule has 138 valence electrons. The molecule has 0 fully saturated rings. The van der Waals surface area contributed by atoms with E-state index in [0.29, 0.717) is 18.0 Å². The van der Waals surface area contributed by atoms with Crippen molar-refractivity contribution >= 4 is 34.6 Å². The minimum atomic E-state index is -0.610. The quantitative estimate of drug-likeness (QED) is 0.425. The molecule has 0 aliphatic carbocycles. The lowest BCUT2D eigenvalue weighted by Crippen LogP contribution is -2.08. The predicted octanol–water partition coefficient (Wildman–Crippen LogP) is 3.85.